The van der Waals surface area contributed by atoms with Crippen molar-refractivity contribution in [1.82, 2.24) is 4.98 Å². The molecular formula is C22H17ClF3N3O4. The minimum Gasteiger partial charge on any atom is -0.497 e. The Bertz CT molecular complexity index is 1210. The third kappa shape index (κ3) is 5.35. The van der Waals surface area contributed by atoms with Gasteiger partial charge >= 0.3 is 6.18 Å². The van der Waals surface area contributed by atoms with Gasteiger partial charge in [-0.15, -0.1) is 0 Å². The van der Waals surface area contributed by atoms with E-state index in [0.29, 0.717) is 5.75 Å². The molecule has 0 saturated heterocycles. The molecule has 0 radical (unpaired) electrons. The zero-order valence-electron chi connectivity index (χ0n) is 17.3. The maximum atomic E-state index is 13.5. The molecule has 0 atom stereocenters. The van der Waals surface area contributed by atoms with Crippen molar-refractivity contribution in [3.8, 4) is 17.2 Å². The molecule has 2 amide bonds. The number of nitrogens with two attached hydrogens (primary N) is 1. The van der Waals surface area contributed by atoms with Gasteiger partial charge in [-0.2, -0.15) is 13.2 Å². The fourth-order valence-electron chi connectivity index (χ4n) is 2.98. The quantitative estimate of drug-likeness (QED) is 0.505. The summed E-state index contributed by atoms with van der Waals surface area (Å²) in [7, 11) is 1.44. The number of ether oxygens (including phenoxy) is 2. The van der Waals surface area contributed by atoms with E-state index in [0.717, 1.165) is 25.3 Å². The molecule has 0 aliphatic carbocycles. The molecule has 0 spiro atoms. The van der Waals surface area contributed by atoms with E-state index in [1.807, 2.05) is 0 Å². The van der Waals surface area contributed by atoms with Crippen molar-refractivity contribution in [3.05, 3.63) is 76.1 Å². The molecule has 1 heterocycles. The van der Waals surface area contributed by atoms with Crippen molar-refractivity contribution in [2.75, 3.05) is 12.4 Å². The number of halogens is 4. The minimum atomic E-state index is -4.69. The molecule has 0 aliphatic rings. The number of carbonyl (C=O) groups excluding carboxylic acids is 2. The Balaban J connectivity index is 2.03. The highest BCUT2D eigenvalue weighted by Crippen LogP contribution is 2.39. The van der Waals surface area contributed by atoms with Crippen LogP contribution in [0.15, 0.2) is 48.7 Å². The summed E-state index contributed by atoms with van der Waals surface area (Å²) in [6, 6.07) is 8.94. The summed E-state index contributed by atoms with van der Waals surface area (Å²) >= 11 is 6.17. The van der Waals surface area contributed by atoms with Gasteiger partial charge in [-0.25, -0.2) is 4.98 Å². The summed E-state index contributed by atoms with van der Waals surface area (Å²) in [5.74, 6) is -1.24. The first kappa shape index (κ1) is 23.9. The van der Waals surface area contributed by atoms with E-state index in [1.165, 1.54) is 31.4 Å². The van der Waals surface area contributed by atoms with Crippen molar-refractivity contribution in [2.45, 2.75) is 13.1 Å². The van der Waals surface area contributed by atoms with Gasteiger partial charge in [0.15, 0.2) is 0 Å². The molecular weight excluding hydrogens is 463 g/mol. The highest BCUT2D eigenvalue weighted by atomic mass is 35.5. The third-order valence-electron chi connectivity index (χ3n) is 4.59. The van der Waals surface area contributed by atoms with Crippen LogP contribution >= 0.6 is 11.6 Å². The van der Waals surface area contributed by atoms with Crippen LogP contribution in [0.3, 0.4) is 0 Å². The molecule has 1 aromatic heterocycles. The first-order valence-corrected chi connectivity index (χ1v) is 9.68. The van der Waals surface area contributed by atoms with Crippen LogP contribution in [-0.2, 0) is 6.18 Å². The summed E-state index contributed by atoms with van der Waals surface area (Å²) in [4.78, 5) is 27.9. The normalized spacial score (nSPS) is 11.1. The number of hydrogen-bond donors (Lipinski definition) is 2. The Labute approximate surface area is 191 Å². The Morgan fingerprint density at radius 2 is 1.79 bits per heavy atom. The van der Waals surface area contributed by atoms with Crippen LogP contribution in [0.2, 0.25) is 5.02 Å². The van der Waals surface area contributed by atoms with Crippen molar-refractivity contribution in [3.63, 3.8) is 0 Å². The molecule has 7 nitrogen and oxygen atoms in total. The smallest absolute Gasteiger partial charge is 0.416 e. The Kier molecular flexibility index (Phi) is 6.78. The van der Waals surface area contributed by atoms with Crippen LogP contribution in [0.4, 0.5) is 18.9 Å². The number of anilines is 1. The molecule has 33 heavy (non-hydrogen) atoms. The lowest BCUT2D eigenvalue weighted by molar-refractivity contribution is -0.138. The van der Waals surface area contributed by atoms with Gasteiger partial charge in [0.05, 0.1) is 35.1 Å². The molecule has 0 unspecified atom stereocenters. The molecule has 0 bridgehead atoms. The number of amides is 2. The van der Waals surface area contributed by atoms with Crippen LogP contribution < -0.4 is 20.5 Å². The lowest BCUT2D eigenvalue weighted by atomic mass is 10.00. The molecule has 0 aliphatic heterocycles. The molecule has 3 aromatic rings. The van der Waals surface area contributed by atoms with Crippen LogP contribution in [0, 0.1) is 6.92 Å². The summed E-state index contributed by atoms with van der Waals surface area (Å²) < 4.78 is 51.2. The van der Waals surface area contributed by atoms with Crippen molar-refractivity contribution in [1.29, 1.82) is 0 Å². The molecule has 0 fully saturated rings. The Morgan fingerprint density at radius 3 is 2.33 bits per heavy atom. The molecule has 172 valence electrons. The van der Waals surface area contributed by atoms with Gasteiger partial charge in [-0.1, -0.05) is 11.6 Å². The summed E-state index contributed by atoms with van der Waals surface area (Å²) in [6.45, 7) is 1.16. The number of aromatic nitrogens is 1. The number of alkyl halides is 3. The van der Waals surface area contributed by atoms with E-state index in [-0.39, 0.29) is 39.0 Å². The number of primary amides is 1. The van der Waals surface area contributed by atoms with Crippen LogP contribution in [-0.4, -0.2) is 23.9 Å². The highest BCUT2D eigenvalue weighted by molar-refractivity contribution is 6.32. The maximum Gasteiger partial charge on any atom is 0.416 e. The second-order valence-corrected chi connectivity index (χ2v) is 7.17. The van der Waals surface area contributed by atoms with Crippen LogP contribution in [0.5, 0.6) is 17.2 Å². The zero-order valence-corrected chi connectivity index (χ0v) is 18.0. The maximum absolute atomic E-state index is 13.5. The van der Waals surface area contributed by atoms with Gasteiger partial charge in [-0.05, 0) is 48.9 Å². The number of nitrogens with zero attached hydrogens (tertiary/aromatic N) is 1. The lowest BCUT2D eigenvalue weighted by Gasteiger charge is -2.18. The first-order chi connectivity index (χ1) is 15.5. The predicted octanol–water partition coefficient (Wildman–Crippen LogP) is 5.21. The van der Waals surface area contributed by atoms with Crippen LogP contribution in [0.25, 0.3) is 0 Å². The van der Waals surface area contributed by atoms with Crippen molar-refractivity contribution >= 4 is 29.1 Å². The standard InChI is InChI=1S/C22H17ClF3N3O4/c1-11-14(22(24,25)26)5-8-18(33-17-7-4-13(32-2)9-15(17)23)19(11)21(31)29-12-3-6-16(20(27)30)28-10-12/h3-10H,1-2H3,(H2,27,30)(H,29,31). The number of nitrogens with one attached hydrogen (secondary N) is 1. The molecule has 3 N–H and O–H groups in total. The van der Waals surface area contributed by atoms with Crippen LogP contribution in [0.1, 0.15) is 32.0 Å². The SMILES string of the molecule is COc1ccc(Oc2ccc(C(F)(F)F)c(C)c2C(=O)Nc2ccc(C(N)=O)nc2)c(Cl)c1. The number of benzene rings is 2. The van der Waals surface area contributed by atoms with Crippen molar-refractivity contribution in [2.24, 2.45) is 5.73 Å². The molecule has 11 heteroatoms. The Hall–Kier alpha value is -3.79. The monoisotopic (exact) mass is 479 g/mol. The van der Waals surface area contributed by atoms with Gasteiger partial charge < -0.3 is 20.5 Å². The lowest BCUT2D eigenvalue weighted by Crippen LogP contribution is -2.18. The van der Waals surface area contributed by atoms with E-state index in [4.69, 9.17) is 26.8 Å². The summed E-state index contributed by atoms with van der Waals surface area (Å²) in [5.41, 5.74) is 3.53. The second kappa shape index (κ2) is 9.37. The van der Waals surface area contributed by atoms with E-state index in [2.05, 4.69) is 10.3 Å². The van der Waals surface area contributed by atoms with Gasteiger partial charge in [0.25, 0.3) is 11.8 Å². The number of methoxy groups -OCH3 is 1. The van der Waals surface area contributed by atoms with Gasteiger partial charge in [0.2, 0.25) is 0 Å². The average Bonchev–Trinajstić information content (AvgIpc) is 2.74. The molecule has 3 rings (SSSR count). The second-order valence-electron chi connectivity index (χ2n) is 6.76. The number of rotatable bonds is 6. The number of carbonyl (C=O) groups is 2. The fraction of sp³-hybridized carbons (Fsp3) is 0.136. The predicted molar refractivity (Wildman–Crippen MR) is 115 cm³/mol. The summed E-state index contributed by atoms with van der Waals surface area (Å²) in [5, 5.41) is 2.58. The van der Waals surface area contributed by atoms with E-state index in [1.54, 1.807) is 6.07 Å². The van der Waals surface area contributed by atoms with E-state index >= 15 is 0 Å². The highest BCUT2D eigenvalue weighted by Gasteiger charge is 2.35. The van der Waals surface area contributed by atoms with E-state index < -0.39 is 23.6 Å². The minimum absolute atomic E-state index is 0.0404. The van der Waals surface area contributed by atoms with E-state index in [9.17, 15) is 22.8 Å². The molecule has 0 saturated carbocycles. The first-order valence-electron chi connectivity index (χ1n) is 9.30. The average molecular weight is 480 g/mol. The number of pyridine rings is 1. The van der Waals surface area contributed by atoms with Gasteiger partial charge in [0.1, 0.15) is 22.9 Å². The number of hydrogen-bond acceptors (Lipinski definition) is 5. The zero-order chi connectivity index (χ0) is 24.3. The van der Waals surface area contributed by atoms with Crippen molar-refractivity contribution < 1.29 is 32.2 Å². The Morgan fingerprint density at radius 1 is 1.09 bits per heavy atom. The fourth-order valence-corrected chi connectivity index (χ4v) is 3.19. The topological polar surface area (TPSA) is 104 Å². The third-order valence-corrected chi connectivity index (χ3v) is 4.89. The summed E-state index contributed by atoms with van der Waals surface area (Å²) in [6.07, 6.45) is -3.54. The van der Waals surface area contributed by atoms with Gasteiger partial charge in [0, 0.05) is 6.07 Å². The van der Waals surface area contributed by atoms with Gasteiger partial charge in [-0.3, -0.25) is 9.59 Å². The largest absolute Gasteiger partial charge is 0.497 e. The molecule has 2 aromatic carbocycles.